The predicted octanol–water partition coefficient (Wildman–Crippen LogP) is 3.37. The fourth-order valence-electron chi connectivity index (χ4n) is 3.32. The number of nitrogens with zero attached hydrogens (tertiary/aromatic N) is 1. The topological polar surface area (TPSA) is 50.8 Å². The molecule has 1 aliphatic heterocycles. The van der Waals surface area contributed by atoms with Gasteiger partial charge in [-0.2, -0.15) is 0 Å². The predicted molar refractivity (Wildman–Crippen MR) is 106 cm³/mol. The highest BCUT2D eigenvalue weighted by atomic mass is 16.5. The molecule has 5 nitrogen and oxygen atoms in total. The third kappa shape index (κ3) is 5.47. The van der Waals surface area contributed by atoms with Crippen LogP contribution in [0.25, 0.3) is 0 Å². The Morgan fingerprint density at radius 3 is 2.52 bits per heavy atom. The van der Waals surface area contributed by atoms with Gasteiger partial charge in [0.1, 0.15) is 11.5 Å². The minimum Gasteiger partial charge on any atom is -0.497 e. The Kier molecular flexibility index (Phi) is 6.71. The molecule has 1 aliphatic rings. The minimum absolute atomic E-state index is 0.131. The Hall–Kier alpha value is -2.53. The smallest absolute Gasteiger partial charge is 0.261 e. The molecule has 0 bridgehead atoms. The first-order valence-electron chi connectivity index (χ1n) is 9.53. The van der Waals surface area contributed by atoms with Gasteiger partial charge in [-0.3, -0.25) is 9.69 Å². The average Bonchev–Trinajstić information content (AvgIpc) is 3.20. The van der Waals surface area contributed by atoms with Gasteiger partial charge >= 0.3 is 0 Å². The summed E-state index contributed by atoms with van der Waals surface area (Å²) < 4.78 is 10.9. The summed E-state index contributed by atoms with van der Waals surface area (Å²) in [6.07, 6.45) is 1.97. The monoisotopic (exact) mass is 368 g/mol. The molecule has 1 atom stereocenters. The lowest BCUT2D eigenvalue weighted by molar-refractivity contribution is -0.127. The van der Waals surface area contributed by atoms with Crippen molar-refractivity contribution in [1.82, 2.24) is 10.2 Å². The zero-order valence-corrected chi connectivity index (χ0v) is 16.1. The zero-order chi connectivity index (χ0) is 19.1. The summed E-state index contributed by atoms with van der Waals surface area (Å²) in [7, 11) is 1.61. The summed E-state index contributed by atoms with van der Waals surface area (Å²) in [5.74, 6) is 1.19. The molecular formula is C22H28N2O3. The normalized spacial score (nSPS) is 15.3. The van der Waals surface area contributed by atoms with Crippen LogP contribution in [0.5, 0.6) is 11.5 Å². The molecule has 1 amide bonds. The molecule has 1 fully saturated rings. The van der Waals surface area contributed by atoms with Crippen molar-refractivity contribution in [3.63, 3.8) is 0 Å². The first-order chi connectivity index (χ1) is 13.2. The number of amides is 1. The second-order valence-electron chi connectivity index (χ2n) is 6.91. The first kappa shape index (κ1) is 19.2. The van der Waals surface area contributed by atoms with Crippen LogP contribution in [0, 0.1) is 0 Å². The number of carbonyl (C=O) groups excluding carboxylic acids is 1. The highest BCUT2D eigenvalue weighted by molar-refractivity contribution is 5.80. The van der Waals surface area contributed by atoms with E-state index in [1.165, 1.54) is 18.4 Å². The molecule has 0 aromatic heterocycles. The van der Waals surface area contributed by atoms with Crippen molar-refractivity contribution in [1.29, 1.82) is 0 Å². The number of benzene rings is 2. The Morgan fingerprint density at radius 2 is 1.78 bits per heavy atom. The van der Waals surface area contributed by atoms with Gasteiger partial charge in [0.25, 0.3) is 5.91 Å². The molecule has 0 radical (unpaired) electrons. The van der Waals surface area contributed by atoms with E-state index >= 15 is 0 Å². The van der Waals surface area contributed by atoms with E-state index in [0.717, 1.165) is 25.2 Å². The van der Waals surface area contributed by atoms with Crippen LogP contribution >= 0.6 is 0 Å². The van der Waals surface area contributed by atoms with Gasteiger partial charge in [-0.25, -0.2) is 0 Å². The minimum atomic E-state index is -0.581. The molecule has 1 N–H and O–H groups in total. The number of hydrogen-bond donors (Lipinski definition) is 1. The van der Waals surface area contributed by atoms with Gasteiger partial charge in [0.05, 0.1) is 7.11 Å². The van der Waals surface area contributed by atoms with Crippen molar-refractivity contribution < 1.29 is 14.3 Å². The number of nitrogens with one attached hydrogen (secondary N) is 1. The van der Waals surface area contributed by atoms with Crippen LogP contribution in [0.2, 0.25) is 0 Å². The fourth-order valence-corrected chi connectivity index (χ4v) is 3.32. The second-order valence-corrected chi connectivity index (χ2v) is 6.91. The van der Waals surface area contributed by atoms with E-state index in [1.54, 1.807) is 20.1 Å². The fraction of sp³-hybridized carbons (Fsp3) is 0.409. The lowest BCUT2D eigenvalue weighted by Gasteiger charge is -2.19. The summed E-state index contributed by atoms with van der Waals surface area (Å²) >= 11 is 0. The van der Waals surface area contributed by atoms with Crippen LogP contribution < -0.4 is 14.8 Å². The van der Waals surface area contributed by atoms with Crippen LogP contribution in [-0.4, -0.2) is 37.1 Å². The van der Waals surface area contributed by atoms with Crippen molar-refractivity contribution in [2.75, 3.05) is 20.2 Å². The summed E-state index contributed by atoms with van der Waals surface area (Å²) in [4.78, 5) is 14.9. The molecule has 0 aliphatic carbocycles. The van der Waals surface area contributed by atoms with Crippen molar-refractivity contribution in [2.24, 2.45) is 0 Å². The zero-order valence-electron chi connectivity index (χ0n) is 16.1. The molecule has 0 spiro atoms. The van der Waals surface area contributed by atoms with Crippen molar-refractivity contribution in [2.45, 2.75) is 39.0 Å². The van der Waals surface area contributed by atoms with Gasteiger partial charge < -0.3 is 14.8 Å². The van der Waals surface area contributed by atoms with Crippen molar-refractivity contribution in [3.05, 3.63) is 59.7 Å². The van der Waals surface area contributed by atoms with Crippen molar-refractivity contribution in [3.8, 4) is 11.5 Å². The number of likely N-dealkylation sites (tertiary alicyclic amines) is 1. The SMILES string of the molecule is COc1cccc(O[C@@H](C)C(=O)NCc2ccccc2CN2CCCC2)c1. The van der Waals surface area contributed by atoms with Gasteiger partial charge in [0, 0.05) is 19.2 Å². The molecule has 2 aromatic rings. The quantitative estimate of drug-likeness (QED) is 0.776. The van der Waals surface area contributed by atoms with E-state index < -0.39 is 6.10 Å². The van der Waals surface area contributed by atoms with Crippen LogP contribution in [0.3, 0.4) is 0 Å². The molecule has 1 saturated heterocycles. The number of carbonyl (C=O) groups is 1. The largest absolute Gasteiger partial charge is 0.497 e. The lowest BCUT2D eigenvalue weighted by atomic mass is 10.1. The maximum Gasteiger partial charge on any atom is 0.261 e. The molecule has 1 heterocycles. The second kappa shape index (κ2) is 9.42. The van der Waals surface area contributed by atoms with E-state index in [-0.39, 0.29) is 5.91 Å². The average molecular weight is 368 g/mol. The molecule has 27 heavy (non-hydrogen) atoms. The standard InChI is InChI=1S/C22H28N2O3/c1-17(27-21-11-7-10-20(14-21)26-2)22(25)23-15-18-8-3-4-9-19(18)16-24-12-5-6-13-24/h3-4,7-11,14,17H,5-6,12-13,15-16H2,1-2H3,(H,23,25)/t17-/m0/s1. The molecule has 144 valence electrons. The van der Waals surface area contributed by atoms with Gasteiger partial charge in [0.2, 0.25) is 0 Å². The van der Waals surface area contributed by atoms with E-state index in [9.17, 15) is 4.79 Å². The van der Waals surface area contributed by atoms with Crippen LogP contribution in [-0.2, 0) is 17.9 Å². The van der Waals surface area contributed by atoms with Crippen LogP contribution in [0.1, 0.15) is 30.9 Å². The van der Waals surface area contributed by atoms with Crippen LogP contribution in [0.15, 0.2) is 48.5 Å². The number of rotatable bonds is 8. The number of ether oxygens (including phenoxy) is 2. The molecule has 0 unspecified atom stereocenters. The highest BCUT2D eigenvalue weighted by Crippen LogP contribution is 2.20. The maximum absolute atomic E-state index is 12.5. The highest BCUT2D eigenvalue weighted by Gasteiger charge is 2.17. The van der Waals surface area contributed by atoms with Gasteiger partial charge in [-0.1, -0.05) is 30.3 Å². The Labute approximate surface area is 161 Å². The molecule has 5 heteroatoms. The van der Waals surface area contributed by atoms with Crippen molar-refractivity contribution >= 4 is 5.91 Å². The van der Waals surface area contributed by atoms with Gasteiger partial charge in [-0.15, -0.1) is 0 Å². The third-order valence-electron chi connectivity index (χ3n) is 4.89. The Bertz CT molecular complexity index is 757. The van der Waals surface area contributed by atoms with Crippen LogP contribution in [0.4, 0.5) is 0 Å². The Morgan fingerprint density at radius 1 is 1.07 bits per heavy atom. The summed E-state index contributed by atoms with van der Waals surface area (Å²) in [6, 6.07) is 15.6. The summed E-state index contributed by atoms with van der Waals surface area (Å²) in [5.41, 5.74) is 2.44. The number of hydrogen-bond acceptors (Lipinski definition) is 4. The third-order valence-corrected chi connectivity index (χ3v) is 4.89. The van der Waals surface area contributed by atoms with E-state index in [1.807, 2.05) is 24.3 Å². The van der Waals surface area contributed by atoms with E-state index in [0.29, 0.717) is 18.0 Å². The van der Waals surface area contributed by atoms with E-state index in [4.69, 9.17) is 9.47 Å². The Balaban J connectivity index is 1.55. The summed E-state index contributed by atoms with van der Waals surface area (Å²) in [6.45, 7) is 5.53. The number of methoxy groups -OCH3 is 1. The van der Waals surface area contributed by atoms with Gasteiger partial charge in [-0.05, 0) is 56.1 Å². The molecular weight excluding hydrogens is 340 g/mol. The van der Waals surface area contributed by atoms with Gasteiger partial charge in [0.15, 0.2) is 6.10 Å². The maximum atomic E-state index is 12.5. The lowest BCUT2D eigenvalue weighted by Crippen LogP contribution is -2.36. The molecule has 2 aromatic carbocycles. The van der Waals surface area contributed by atoms with E-state index in [2.05, 4.69) is 28.4 Å². The first-order valence-corrected chi connectivity index (χ1v) is 9.53. The molecule has 3 rings (SSSR count). The summed E-state index contributed by atoms with van der Waals surface area (Å²) in [5, 5.41) is 3.00. The molecule has 0 saturated carbocycles.